The van der Waals surface area contributed by atoms with Gasteiger partial charge in [-0.15, -0.1) is 0 Å². The third-order valence-electron chi connectivity index (χ3n) is 3.41. The van der Waals surface area contributed by atoms with E-state index in [1.54, 1.807) is 18.2 Å². The minimum Gasteiger partial charge on any atom is -0.492 e. The molecule has 2 N–H and O–H groups in total. The van der Waals surface area contributed by atoms with E-state index >= 15 is 0 Å². The van der Waals surface area contributed by atoms with Crippen LogP contribution in [0, 0.1) is 0 Å². The second kappa shape index (κ2) is 8.98. The van der Waals surface area contributed by atoms with E-state index in [0.29, 0.717) is 23.1 Å². The van der Waals surface area contributed by atoms with Gasteiger partial charge < -0.3 is 20.1 Å². The zero-order valence-electron chi connectivity index (χ0n) is 12.9. The number of ether oxygens (including phenoxy) is 2. The lowest BCUT2D eigenvalue weighted by Crippen LogP contribution is -2.34. The Morgan fingerprint density at radius 1 is 1.41 bits per heavy atom. The number of piperidine rings is 1. The Morgan fingerprint density at radius 3 is 2.86 bits per heavy atom. The summed E-state index contributed by atoms with van der Waals surface area (Å²) in [5.41, 5.74) is 0.646. The Balaban J connectivity index is 1.79. The van der Waals surface area contributed by atoms with Crippen LogP contribution in [0.2, 0.25) is 5.02 Å². The van der Waals surface area contributed by atoms with Gasteiger partial charge in [-0.1, -0.05) is 18.5 Å². The number of anilines is 1. The van der Waals surface area contributed by atoms with Crippen LogP contribution in [0.3, 0.4) is 0 Å². The third-order valence-corrected chi connectivity index (χ3v) is 3.71. The summed E-state index contributed by atoms with van der Waals surface area (Å²) in [5, 5.41) is 6.54. The molecule has 0 radical (unpaired) electrons. The van der Waals surface area contributed by atoms with Crippen LogP contribution in [0.1, 0.15) is 26.2 Å². The van der Waals surface area contributed by atoms with Gasteiger partial charge in [0.2, 0.25) is 5.91 Å². The fraction of sp³-hybridized carbons (Fsp3) is 0.562. The third kappa shape index (κ3) is 5.48. The van der Waals surface area contributed by atoms with Crippen molar-refractivity contribution in [2.75, 3.05) is 31.6 Å². The highest BCUT2D eigenvalue weighted by Gasteiger charge is 2.15. The topological polar surface area (TPSA) is 59.6 Å². The van der Waals surface area contributed by atoms with Crippen LogP contribution in [0.25, 0.3) is 0 Å². The number of rotatable bonds is 7. The molecule has 1 aliphatic rings. The Morgan fingerprint density at radius 2 is 2.18 bits per heavy atom. The molecular weight excluding hydrogens is 304 g/mol. The molecule has 0 atom stereocenters. The highest BCUT2D eigenvalue weighted by Crippen LogP contribution is 2.27. The summed E-state index contributed by atoms with van der Waals surface area (Å²) in [6.45, 7) is 4.61. The highest BCUT2D eigenvalue weighted by atomic mass is 35.5. The van der Waals surface area contributed by atoms with Crippen molar-refractivity contribution in [1.82, 2.24) is 5.32 Å². The molecule has 122 valence electrons. The van der Waals surface area contributed by atoms with E-state index in [4.69, 9.17) is 21.1 Å². The van der Waals surface area contributed by atoms with Crippen molar-refractivity contribution in [2.45, 2.75) is 32.3 Å². The largest absolute Gasteiger partial charge is 0.492 e. The predicted octanol–water partition coefficient (Wildman–Crippen LogP) is 2.84. The van der Waals surface area contributed by atoms with Gasteiger partial charge in [-0.05, 0) is 50.6 Å². The highest BCUT2D eigenvalue weighted by molar-refractivity contribution is 6.32. The number of nitrogens with one attached hydrogen (secondary N) is 2. The Hall–Kier alpha value is -1.30. The van der Waals surface area contributed by atoms with E-state index in [9.17, 15) is 4.79 Å². The van der Waals surface area contributed by atoms with Crippen LogP contribution in [0.4, 0.5) is 5.69 Å². The first-order valence-electron chi connectivity index (χ1n) is 7.73. The Labute approximate surface area is 136 Å². The summed E-state index contributed by atoms with van der Waals surface area (Å²) in [6, 6.07) is 5.23. The summed E-state index contributed by atoms with van der Waals surface area (Å²) in [5.74, 6) is 0.462. The van der Waals surface area contributed by atoms with Crippen molar-refractivity contribution in [2.24, 2.45) is 0 Å². The van der Waals surface area contributed by atoms with Gasteiger partial charge in [-0.3, -0.25) is 4.79 Å². The molecule has 6 heteroatoms. The van der Waals surface area contributed by atoms with Gasteiger partial charge in [0.15, 0.2) is 0 Å². The van der Waals surface area contributed by atoms with Gasteiger partial charge in [0.1, 0.15) is 12.4 Å². The molecule has 0 spiro atoms. The summed E-state index contributed by atoms with van der Waals surface area (Å²) >= 11 is 6.13. The molecule has 1 aromatic rings. The lowest BCUT2D eigenvalue weighted by atomic mass is 10.1. The molecule has 0 aliphatic carbocycles. The molecule has 0 saturated carbocycles. The molecule has 22 heavy (non-hydrogen) atoms. The van der Waals surface area contributed by atoms with Crippen molar-refractivity contribution < 1.29 is 14.3 Å². The summed E-state index contributed by atoms with van der Waals surface area (Å²) in [4.78, 5) is 11.9. The quantitative estimate of drug-likeness (QED) is 0.809. The maximum Gasteiger partial charge on any atom is 0.250 e. The first-order valence-corrected chi connectivity index (χ1v) is 8.11. The number of amides is 1. The number of hydrogen-bond acceptors (Lipinski definition) is 4. The van der Waals surface area contributed by atoms with E-state index in [2.05, 4.69) is 10.6 Å². The van der Waals surface area contributed by atoms with Crippen LogP contribution in [-0.4, -0.2) is 38.3 Å². The molecule has 1 amide bonds. The lowest BCUT2D eigenvalue weighted by Gasteiger charge is -2.22. The molecule has 1 fully saturated rings. The lowest BCUT2D eigenvalue weighted by molar-refractivity contribution is -0.123. The maximum atomic E-state index is 11.9. The second-order valence-electron chi connectivity index (χ2n) is 5.30. The average Bonchev–Trinajstić information content (AvgIpc) is 2.53. The van der Waals surface area contributed by atoms with E-state index in [1.165, 1.54) is 0 Å². The van der Waals surface area contributed by atoms with E-state index in [-0.39, 0.29) is 18.6 Å². The maximum absolute atomic E-state index is 11.9. The summed E-state index contributed by atoms with van der Waals surface area (Å²) in [7, 11) is 0. The molecule has 1 aliphatic heterocycles. The van der Waals surface area contributed by atoms with Gasteiger partial charge in [0, 0.05) is 5.69 Å². The number of carbonyl (C=O) groups excluding carboxylic acids is 1. The van der Waals surface area contributed by atoms with Gasteiger partial charge in [-0.2, -0.15) is 0 Å². The van der Waals surface area contributed by atoms with Crippen molar-refractivity contribution in [3.8, 4) is 5.75 Å². The zero-order valence-corrected chi connectivity index (χ0v) is 13.6. The van der Waals surface area contributed by atoms with E-state index in [0.717, 1.165) is 32.4 Å². The smallest absolute Gasteiger partial charge is 0.250 e. The van der Waals surface area contributed by atoms with Gasteiger partial charge in [0.05, 0.1) is 17.7 Å². The molecule has 0 bridgehead atoms. The van der Waals surface area contributed by atoms with E-state index in [1.807, 2.05) is 6.92 Å². The molecule has 1 aromatic carbocycles. The fourth-order valence-electron chi connectivity index (χ4n) is 2.26. The monoisotopic (exact) mass is 326 g/mol. The average molecular weight is 327 g/mol. The molecule has 1 saturated heterocycles. The molecule has 0 aromatic heterocycles. The minimum absolute atomic E-state index is 0.0658. The van der Waals surface area contributed by atoms with Crippen LogP contribution in [0.5, 0.6) is 5.75 Å². The first-order chi connectivity index (χ1) is 10.7. The predicted molar refractivity (Wildman–Crippen MR) is 87.7 cm³/mol. The molecule has 1 heterocycles. The van der Waals surface area contributed by atoms with Crippen molar-refractivity contribution >= 4 is 23.2 Å². The van der Waals surface area contributed by atoms with Crippen LogP contribution in [0.15, 0.2) is 18.2 Å². The van der Waals surface area contributed by atoms with Crippen molar-refractivity contribution in [3.63, 3.8) is 0 Å². The van der Waals surface area contributed by atoms with Crippen molar-refractivity contribution in [1.29, 1.82) is 0 Å². The number of halogens is 1. The van der Waals surface area contributed by atoms with E-state index < -0.39 is 0 Å². The molecule has 0 unspecified atom stereocenters. The minimum atomic E-state index is -0.170. The standard InChI is InChI=1S/C16H23ClN2O3/c1-2-9-21-15-4-3-12(10-14(15)17)19-16(20)11-22-13-5-7-18-8-6-13/h3-4,10,13,18H,2,5-9,11H2,1H3,(H,19,20). The summed E-state index contributed by atoms with van der Waals surface area (Å²) < 4.78 is 11.1. The van der Waals surface area contributed by atoms with Crippen LogP contribution in [-0.2, 0) is 9.53 Å². The normalized spacial score (nSPS) is 15.5. The first kappa shape index (κ1) is 17.1. The van der Waals surface area contributed by atoms with Gasteiger partial charge in [0.25, 0.3) is 0 Å². The Bertz CT molecular complexity index is 490. The molecule has 5 nitrogen and oxygen atoms in total. The van der Waals surface area contributed by atoms with Gasteiger partial charge >= 0.3 is 0 Å². The second-order valence-corrected chi connectivity index (χ2v) is 5.71. The summed E-state index contributed by atoms with van der Waals surface area (Å²) in [6.07, 6.45) is 2.98. The molecular formula is C16H23ClN2O3. The SMILES string of the molecule is CCCOc1ccc(NC(=O)COC2CCNCC2)cc1Cl. The Kier molecular flexibility index (Phi) is 6.96. The van der Waals surface area contributed by atoms with Gasteiger partial charge in [-0.25, -0.2) is 0 Å². The number of hydrogen-bond donors (Lipinski definition) is 2. The zero-order chi connectivity index (χ0) is 15.8. The number of benzene rings is 1. The molecule has 2 rings (SSSR count). The number of carbonyl (C=O) groups is 1. The van der Waals surface area contributed by atoms with Crippen LogP contribution >= 0.6 is 11.6 Å². The fourth-order valence-corrected chi connectivity index (χ4v) is 2.50. The van der Waals surface area contributed by atoms with Crippen LogP contribution < -0.4 is 15.4 Å². The van der Waals surface area contributed by atoms with Crippen molar-refractivity contribution in [3.05, 3.63) is 23.2 Å².